The first-order valence-corrected chi connectivity index (χ1v) is 21.3. The van der Waals surface area contributed by atoms with Gasteiger partial charge >= 0.3 is 6.09 Å². The van der Waals surface area contributed by atoms with Crippen molar-refractivity contribution >= 4 is 17.5 Å². The van der Waals surface area contributed by atoms with Crippen molar-refractivity contribution in [3.05, 3.63) is 60.7 Å². The third kappa shape index (κ3) is 5.55. The van der Waals surface area contributed by atoms with E-state index in [1.54, 1.807) is 4.90 Å². The summed E-state index contributed by atoms with van der Waals surface area (Å²) in [5.74, 6) is 0.500. The maximum atomic E-state index is 14.9. The van der Waals surface area contributed by atoms with Gasteiger partial charge in [-0.15, -0.1) is 0 Å². The highest BCUT2D eigenvalue weighted by molar-refractivity contribution is 5.96. The summed E-state index contributed by atoms with van der Waals surface area (Å²) < 4.78 is 41.9. The van der Waals surface area contributed by atoms with E-state index in [1.165, 1.54) is 0 Å². The van der Waals surface area contributed by atoms with Crippen LogP contribution in [-0.4, -0.2) is 59.8 Å². The Balaban J connectivity index is 1.02. The van der Waals surface area contributed by atoms with E-state index >= 15 is 0 Å². The normalized spacial score (nSPS) is 48.5. The zero-order chi connectivity index (χ0) is 37.9. The summed E-state index contributed by atoms with van der Waals surface area (Å²) in [6.45, 7) is 13.3. The monoisotopic (exact) mass is 757 g/mol. The van der Waals surface area contributed by atoms with Crippen molar-refractivity contribution < 1.29 is 43.0 Å². The lowest BCUT2D eigenvalue weighted by molar-refractivity contribution is -0.571. The number of ether oxygens (including phenoxy) is 6. The van der Waals surface area contributed by atoms with E-state index < -0.39 is 53.7 Å². The van der Waals surface area contributed by atoms with Gasteiger partial charge in [0.15, 0.2) is 24.0 Å². The average Bonchev–Trinajstić information content (AvgIpc) is 3.24. The number of amides is 1. The molecule has 2 aromatic rings. The predicted molar refractivity (Wildman–Crippen MR) is 202 cm³/mol. The molecule has 1 unspecified atom stereocenters. The van der Waals surface area contributed by atoms with E-state index in [1.807, 2.05) is 67.6 Å². The van der Waals surface area contributed by atoms with Crippen LogP contribution < -0.4 is 4.90 Å². The van der Waals surface area contributed by atoms with Gasteiger partial charge < -0.3 is 28.4 Å². The largest absolute Gasteiger partial charge is 0.443 e. The zero-order valence-corrected chi connectivity index (χ0v) is 33.3. The van der Waals surface area contributed by atoms with Gasteiger partial charge in [-0.25, -0.2) is 19.5 Å². The number of anilines is 2. The maximum absolute atomic E-state index is 14.9. The summed E-state index contributed by atoms with van der Waals surface area (Å²) in [7, 11) is 0. The van der Waals surface area contributed by atoms with Crippen LogP contribution in [0.5, 0.6) is 0 Å². The quantitative estimate of drug-likeness (QED) is 0.267. The van der Waals surface area contributed by atoms with Gasteiger partial charge in [0.2, 0.25) is 5.79 Å². The van der Waals surface area contributed by atoms with Crippen LogP contribution in [-0.2, 0) is 38.2 Å². The number of carbonyl (C=O) groups is 1. The van der Waals surface area contributed by atoms with Gasteiger partial charge in [-0.2, -0.15) is 0 Å². The summed E-state index contributed by atoms with van der Waals surface area (Å²) in [5.41, 5.74) is 0.272. The second kappa shape index (κ2) is 13.2. The summed E-state index contributed by atoms with van der Waals surface area (Å²) >= 11 is 0. The van der Waals surface area contributed by atoms with Gasteiger partial charge in [0.25, 0.3) is 0 Å². The molecular weight excluding hydrogens is 698 g/mol. The Kier molecular flexibility index (Phi) is 8.84. The summed E-state index contributed by atoms with van der Waals surface area (Å²) in [5, 5.41) is 0. The molecule has 9 fully saturated rings. The molecule has 2 spiro atoms. The van der Waals surface area contributed by atoms with Crippen molar-refractivity contribution in [3.8, 4) is 0 Å². The first-order chi connectivity index (χ1) is 26.4. The molecule has 7 heterocycles. The molecule has 2 aliphatic carbocycles. The van der Waals surface area contributed by atoms with Crippen LogP contribution in [0.4, 0.5) is 16.2 Å². The minimum atomic E-state index is -0.877. The van der Waals surface area contributed by atoms with Crippen molar-refractivity contribution in [2.24, 2.45) is 47.3 Å². The molecule has 17 atom stereocenters. The molecule has 0 N–H and O–H groups in total. The molecule has 10 heteroatoms. The van der Waals surface area contributed by atoms with Crippen LogP contribution in [0.15, 0.2) is 60.7 Å². The van der Waals surface area contributed by atoms with Crippen molar-refractivity contribution in [3.63, 3.8) is 0 Å². The molecule has 7 saturated heterocycles. The fourth-order valence-electron chi connectivity index (χ4n) is 13.0. The third-order valence-electron chi connectivity index (χ3n) is 15.8. The lowest BCUT2D eigenvalue weighted by Gasteiger charge is -2.61. The number of nitrogens with zero attached hydrogens (tertiary/aromatic N) is 1. The highest BCUT2D eigenvalue weighted by Crippen LogP contribution is 2.65. The first kappa shape index (κ1) is 36.7. The fourth-order valence-corrected chi connectivity index (χ4v) is 13.0. The number of rotatable bonds is 6. The molecule has 2 saturated carbocycles. The van der Waals surface area contributed by atoms with Crippen molar-refractivity contribution in [1.29, 1.82) is 0 Å². The molecule has 4 bridgehead atoms. The predicted octanol–water partition coefficient (Wildman–Crippen LogP) is 9.29. The second-order valence-electron chi connectivity index (χ2n) is 18.9. The molecule has 1 amide bonds. The van der Waals surface area contributed by atoms with Gasteiger partial charge in [0.05, 0.1) is 17.5 Å². The smallest absolute Gasteiger partial charge is 0.419 e. The molecule has 0 aromatic heterocycles. The van der Waals surface area contributed by atoms with E-state index in [-0.39, 0.29) is 35.7 Å². The molecule has 11 rings (SSSR count). The number of carbonyl (C=O) groups excluding carboxylic acids is 1. The van der Waals surface area contributed by atoms with Crippen LogP contribution >= 0.6 is 0 Å². The summed E-state index contributed by atoms with van der Waals surface area (Å²) in [4.78, 5) is 29.1. The van der Waals surface area contributed by atoms with Gasteiger partial charge in [-0.3, -0.25) is 0 Å². The van der Waals surface area contributed by atoms with E-state index in [9.17, 15) is 4.79 Å². The minimum absolute atomic E-state index is 0.0286. The number of para-hydroxylation sites is 2. The number of hydrogen-bond acceptors (Lipinski definition) is 9. The lowest BCUT2D eigenvalue weighted by Crippen LogP contribution is -2.71. The van der Waals surface area contributed by atoms with Gasteiger partial charge in [-0.1, -0.05) is 64.1 Å². The maximum Gasteiger partial charge on any atom is 0.419 e. The molecular formula is C45H59NO9. The van der Waals surface area contributed by atoms with E-state index in [4.69, 9.17) is 38.2 Å². The SMILES string of the molecule is C[C@H]1[C@@H](C[C@H](OC(=O)N(c2ccccc2)c2ccccc2)C2O[C@@H]3O[C@]4(C)CC[C@H]5[C@H](C)CC[C@@H]([C@H]2C)[C@@]35O4)O[C@@H]2O[C@]3(C)CC[C@H]4[C@H](C)CC[C@@H]1[C@@]24OO3. The molecule has 298 valence electrons. The Morgan fingerprint density at radius 3 is 1.91 bits per heavy atom. The molecule has 9 aliphatic rings. The highest BCUT2D eigenvalue weighted by atomic mass is 17.3. The Bertz CT molecular complexity index is 1710. The van der Waals surface area contributed by atoms with Crippen LogP contribution in [0.1, 0.15) is 99.3 Å². The lowest BCUT2D eigenvalue weighted by atomic mass is 9.56. The van der Waals surface area contributed by atoms with E-state index in [0.29, 0.717) is 24.2 Å². The number of fused-ring (bicyclic) bond motifs is 3. The van der Waals surface area contributed by atoms with Crippen LogP contribution in [0.3, 0.4) is 0 Å². The fraction of sp³-hybridized carbons (Fsp3) is 0.711. The van der Waals surface area contributed by atoms with E-state index in [0.717, 1.165) is 62.7 Å². The molecule has 0 radical (unpaired) electrons. The standard InChI is InChI=1S/C45H59NO9/c1-26-18-20-35-29(4)38(50-39-44(35)32(26)21-23-42(5,51-39)53-44)37(49-41(47)46(30-13-9-7-10-14-30)31-15-11-8-12-16-31)25-36-28(3)34-19-17-27(2)33-22-24-43(6)52-40(48-36)45(33,34)55-54-43/h7-16,26-29,32-40H,17-25H2,1-6H3/t26-,27-,28-,29-,32+,33+,34+,35+,36-,37+,38?,39-,40-,42+,43+,44-,45-/m1/s1. The molecule has 7 aliphatic heterocycles. The number of benzene rings is 2. The summed E-state index contributed by atoms with van der Waals surface area (Å²) in [6.07, 6.45) is 5.35. The number of hydrogen-bond donors (Lipinski definition) is 0. The Hall–Kier alpha value is -2.57. The van der Waals surface area contributed by atoms with Crippen molar-refractivity contribution in [1.82, 2.24) is 0 Å². The van der Waals surface area contributed by atoms with Crippen LogP contribution in [0.25, 0.3) is 0 Å². The molecule has 2 aromatic carbocycles. The van der Waals surface area contributed by atoms with Gasteiger partial charge in [0.1, 0.15) is 17.8 Å². The second-order valence-corrected chi connectivity index (χ2v) is 18.9. The Morgan fingerprint density at radius 1 is 0.691 bits per heavy atom. The molecule has 55 heavy (non-hydrogen) atoms. The van der Waals surface area contributed by atoms with E-state index in [2.05, 4.69) is 34.6 Å². The minimum Gasteiger partial charge on any atom is -0.443 e. The topological polar surface area (TPSA) is 94.2 Å². The average molecular weight is 758 g/mol. The first-order valence-electron chi connectivity index (χ1n) is 21.3. The zero-order valence-electron chi connectivity index (χ0n) is 33.3. The highest BCUT2D eigenvalue weighted by Gasteiger charge is 2.73. The van der Waals surface area contributed by atoms with Crippen molar-refractivity contribution in [2.45, 2.75) is 153 Å². The third-order valence-corrected chi connectivity index (χ3v) is 15.8. The Morgan fingerprint density at radius 2 is 1.25 bits per heavy atom. The van der Waals surface area contributed by atoms with Gasteiger partial charge in [-0.05, 0) is 118 Å². The van der Waals surface area contributed by atoms with Crippen LogP contribution in [0, 0.1) is 47.3 Å². The van der Waals surface area contributed by atoms with Crippen LogP contribution in [0.2, 0.25) is 0 Å². The Labute approximate surface area is 325 Å². The van der Waals surface area contributed by atoms with Gasteiger partial charge in [0, 0.05) is 25.2 Å². The summed E-state index contributed by atoms with van der Waals surface area (Å²) in [6, 6.07) is 19.4. The van der Waals surface area contributed by atoms with Crippen molar-refractivity contribution in [2.75, 3.05) is 4.90 Å². The molecule has 10 nitrogen and oxygen atoms in total.